The lowest BCUT2D eigenvalue weighted by Crippen LogP contribution is -2.43. The molecule has 7 heteroatoms. The number of aliphatic hydroxyl groups is 1. The van der Waals surface area contributed by atoms with E-state index in [1.165, 1.54) is 12.1 Å². The summed E-state index contributed by atoms with van der Waals surface area (Å²) in [5, 5.41) is 24.0. The fraction of sp³-hybridized carbons (Fsp3) is 0.500. The number of rotatable bonds is 4. The lowest BCUT2D eigenvalue weighted by Gasteiger charge is -2.26. The number of hydrogen-bond acceptors (Lipinski definition) is 6. The Morgan fingerprint density at radius 1 is 1.63 bits per heavy atom. The number of anilines is 2. The second kappa shape index (κ2) is 5.02. The van der Waals surface area contributed by atoms with E-state index < -0.39 is 10.5 Å². The molecule has 0 radical (unpaired) electrons. The molecule has 4 N–H and O–H groups in total. The Kier molecular flexibility index (Phi) is 3.59. The number of benzene rings is 1. The van der Waals surface area contributed by atoms with Gasteiger partial charge in [0.1, 0.15) is 5.60 Å². The Bertz CT molecular complexity index is 494. The summed E-state index contributed by atoms with van der Waals surface area (Å²) in [5.74, 6) is 0. The molecule has 1 saturated heterocycles. The summed E-state index contributed by atoms with van der Waals surface area (Å²) >= 11 is 0. The highest BCUT2D eigenvalue weighted by molar-refractivity contribution is 5.61. The van der Waals surface area contributed by atoms with Gasteiger partial charge in [-0.25, -0.2) is 0 Å². The molecule has 1 fully saturated rings. The Hall–Kier alpha value is -1.86. The van der Waals surface area contributed by atoms with E-state index in [1.807, 2.05) is 0 Å². The molecule has 0 spiro atoms. The summed E-state index contributed by atoms with van der Waals surface area (Å²) in [7, 11) is 0. The molecule has 2 atom stereocenters. The molecular weight excluding hydrogens is 250 g/mol. The van der Waals surface area contributed by atoms with E-state index in [0.717, 1.165) is 0 Å². The van der Waals surface area contributed by atoms with Crippen LogP contribution in [0.1, 0.15) is 13.3 Å². The van der Waals surface area contributed by atoms with Gasteiger partial charge in [-0.05, 0) is 13.0 Å². The monoisotopic (exact) mass is 267 g/mol. The molecule has 1 aromatic carbocycles. The average molecular weight is 267 g/mol. The number of non-ortho nitro benzene ring substituents is 1. The lowest BCUT2D eigenvalue weighted by molar-refractivity contribution is -0.384. The maximum atomic E-state index is 10.7. The van der Waals surface area contributed by atoms with Crippen molar-refractivity contribution in [2.75, 3.05) is 24.2 Å². The molecule has 1 heterocycles. The number of nitrogens with one attached hydrogen (secondary N) is 1. The van der Waals surface area contributed by atoms with Gasteiger partial charge in [-0.2, -0.15) is 0 Å². The van der Waals surface area contributed by atoms with E-state index in [2.05, 4.69) is 5.32 Å². The first-order chi connectivity index (χ1) is 8.90. The number of nitro benzene ring substituents is 1. The summed E-state index contributed by atoms with van der Waals surface area (Å²) in [6.07, 6.45) is 0.266. The fourth-order valence-corrected chi connectivity index (χ4v) is 2.10. The van der Waals surface area contributed by atoms with Gasteiger partial charge in [0, 0.05) is 43.1 Å². The van der Waals surface area contributed by atoms with E-state index in [0.29, 0.717) is 24.4 Å². The number of nitro groups is 1. The van der Waals surface area contributed by atoms with Gasteiger partial charge < -0.3 is 20.9 Å². The Balaban J connectivity index is 2.09. The number of nitrogen functional groups attached to an aromatic ring is 1. The standard InChI is InChI=1S/C12H17N3O4/c1-8-12(16,2-3-19-8)7-14-10-4-9(13)5-11(6-10)15(17)18/h4-6,8,14,16H,2-3,7,13H2,1H3. The van der Waals surface area contributed by atoms with Gasteiger partial charge >= 0.3 is 0 Å². The first kappa shape index (κ1) is 13.6. The van der Waals surface area contributed by atoms with E-state index >= 15 is 0 Å². The van der Waals surface area contributed by atoms with Crippen molar-refractivity contribution in [3.05, 3.63) is 28.3 Å². The van der Waals surface area contributed by atoms with Crippen LogP contribution in [0.25, 0.3) is 0 Å². The highest BCUT2D eigenvalue weighted by Crippen LogP contribution is 2.27. The van der Waals surface area contributed by atoms with E-state index in [9.17, 15) is 15.2 Å². The van der Waals surface area contributed by atoms with Gasteiger partial charge in [0.15, 0.2) is 0 Å². The van der Waals surface area contributed by atoms with Crippen molar-refractivity contribution >= 4 is 17.1 Å². The van der Waals surface area contributed by atoms with Gasteiger partial charge in [-0.15, -0.1) is 0 Å². The Labute approximate surface area is 110 Å². The largest absolute Gasteiger partial charge is 0.398 e. The molecule has 19 heavy (non-hydrogen) atoms. The first-order valence-electron chi connectivity index (χ1n) is 6.03. The van der Waals surface area contributed by atoms with Gasteiger partial charge in [0.05, 0.1) is 11.0 Å². The van der Waals surface area contributed by atoms with Crippen LogP contribution in [0.2, 0.25) is 0 Å². The van der Waals surface area contributed by atoms with Gasteiger partial charge in [0.25, 0.3) is 5.69 Å². The number of ether oxygens (including phenoxy) is 1. The molecule has 0 amide bonds. The maximum Gasteiger partial charge on any atom is 0.273 e. The molecule has 0 saturated carbocycles. The van der Waals surface area contributed by atoms with Gasteiger partial charge in [-0.1, -0.05) is 0 Å². The Morgan fingerprint density at radius 3 is 2.95 bits per heavy atom. The van der Waals surface area contributed by atoms with Gasteiger partial charge in [0.2, 0.25) is 0 Å². The molecule has 0 bridgehead atoms. The second-order valence-corrected chi connectivity index (χ2v) is 4.79. The third-order valence-electron chi connectivity index (χ3n) is 3.41. The van der Waals surface area contributed by atoms with Crippen LogP contribution in [-0.2, 0) is 4.74 Å². The van der Waals surface area contributed by atoms with E-state index in [-0.39, 0.29) is 18.3 Å². The quantitative estimate of drug-likeness (QED) is 0.428. The van der Waals surface area contributed by atoms with Crippen molar-refractivity contribution in [1.29, 1.82) is 0 Å². The van der Waals surface area contributed by atoms with Crippen LogP contribution in [-0.4, -0.2) is 34.9 Å². The van der Waals surface area contributed by atoms with Crippen LogP contribution in [0.5, 0.6) is 0 Å². The fourth-order valence-electron chi connectivity index (χ4n) is 2.10. The Morgan fingerprint density at radius 2 is 2.37 bits per heavy atom. The van der Waals surface area contributed by atoms with Crippen LogP contribution < -0.4 is 11.1 Å². The molecule has 2 rings (SSSR count). The van der Waals surface area contributed by atoms with Gasteiger partial charge in [-0.3, -0.25) is 10.1 Å². The zero-order chi connectivity index (χ0) is 14.0. The second-order valence-electron chi connectivity index (χ2n) is 4.79. The van der Waals surface area contributed by atoms with Crippen molar-refractivity contribution < 1.29 is 14.8 Å². The summed E-state index contributed by atoms with van der Waals surface area (Å²) in [4.78, 5) is 10.2. The van der Waals surface area contributed by atoms with Crippen LogP contribution >= 0.6 is 0 Å². The van der Waals surface area contributed by atoms with Crippen LogP contribution in [0, 0.1) is 10.1 Å². The third kappa shape index (κ3) is 2.94. The maximum absolute atomic E-state index is 10.7. The van der Waals surface area contributed by atoms with E-state index in [1.54, 1.807) is 13.0 Å². The molecule has 2 unspecified atom stereocenters. The highest BCUT2D eigenvalue weighted by atomic mass is 16.6. The third-order valence-corrected chi connectivity index (χ3v) is 3.41. The van der Waals surface area contributed by atoms with Crippen molar-refractivity contribution in [3.63, 3.8) is 0 Å². The summed E-state index contributed by atoms with van der Waals surface area (Å²) in [6, 6.07) is 4.28. The summed E-state index contributed by atoms with van der Waals surface area (Å²) in [5.41, 5.74) is 5.39. The zero-order valence-corrected chi connectivity index (χ0v) is 10.6. The zero-order valence-electron chi connectivity index (χ0n) is 10.6. The number of nitrogens with two attached hydrogens (primary N) is 1. The molecule has 1 aromatic rings. The molecular formula is C12H17N3O4. The van der Waals surface area contributed by atoms with Crippen LogP contribution in [0.15, 0.2) is 18.2 Å². The number of nitrogens with zero attached hydrogens (tertiary/aromatic N) is 1. The highest BCUT2D eigenvalue weighted by Gasteiger charge is 2.39. The first-order valence-corrected chi connectivity index (χ1v) is 6.03. The molecule has 7 nitrogen and oxygen atoms in total. The smallest absolute Gasteiger partial charge is 0.273 e. The normalized spacial score (nSPS) is 26.3. The lowest BCUT2D eigenvalue weighted by atomic mass is 9.96. The average Bonchev–Trinajstić information content (AvgIpc) is 2.67. The molecule has 104 valence electrons. The predicted octanol–water partition coefficient (Wildman–Crippen LogP) is 1.13. The van der Waals surface area contributed by atoms with Crippen molar-refractivity contribution in [2.45, 2.75) is 25.0 Å². The molecule has 0 aromatic heterocycles. The number of hydrogen-bond donors (Lipinski definition) is 3. The minimum Gasteiger partial charge on any atom is -0.398 e. The summed E-state index contributed by atoms with van der Waals surface area (Å²) in [6.45, 7) is 2.57. The SMILES string of the molecule is CC1OCCC1(O)CNc1cc(N)cc([N+](=O)[O-])c1. The van der Waals surface area contributed by atoms with Crippen molar-refractivity contribution in [1.82, 2.24) is 0 Å². The van der Waals surface area contributed by atoms with Crippen LogP contribution in [0.4, 0.5) is 17.1 Å². The van der Waals surface area contributed by atoms with Crippen molar-refractivity contribution in [3.8, 4) is 0 Å². The molecule has 1 aliphatic rings. The minimum atomic E-state index is -0.959. The van der Waals surface area contributed by atoms with E-state index in [4.69, 9.17) is 10.5 Å². The minimum absolute atomic E-state index is 0.0785. The topological polar surface area (TPSA) is 111 Å². The molecule has 0 aliphatic carbocycles. The summed E-state index contributed by atoms with van der Waals surface area (Å²) < 4.78 is 5.32. The molecule has 1 aliphatic heterocycles. The predicted molar refractivity (Wildman–Crippen MR) is 71.0 cm³/mol. The van der Waals surface area contributed by atoms with Crippen LogP contribution in [0.3, 0.4) is 0 Å². The van der Waals surface area contributed by atoms with Crippen molar-refractivity contribution in [2.24, 2.45) is 0 Å².